The number of anilines is 1. The SMILES string of the molecule is CCc1ccc(N(C)CCc2ccccc2CN)cc1. The minimum Gasteiger partial charge on any atom is -0.374 e. The summed E-state index contributed by atoms with van der Waals surface area (Å²) in [5.74, 6) is 0. The van der Waals surface area contributed by atoms with Gasteiger partial charge in [0.05, 0.1) is 0 Å². The van der Waals surface area contributed by atoms with Gasteiger partial charge in [-0.25, -0.2) is 0 Å². The van der Waals surface area contributed by atoms with E-state index in [4.69, 9.17) is 5.73 Å². The van der Waals surface area contributed by atoms with Gasteiger partial charge in [-0.15, -0.1) is 0 Å². The van der Waals surface area contributed by atoms with Crippen molar-refractivity contribution >= 4 is 5.69 Å². The summed E-state index contributed by atoms with van der Waals surface area (Å²) in [5.41, 5.74) is 11.0. The lowest BCUT2D eigenvalue weighted by Gasteiger charge is -2.20. The van der Waals surface area contributed by atoms with Crippen molar-refractivity contribution in [2.45, 2.75) is 26.3 Å². The van der Waals surface area contributed by atoms with E-state index in [-0.39, 0.29) is 0 Å². The Morgan fingerprint density at radius 2 is 1.60 bits per heavy atom. The minimum atomic E-state index is 0.616. The Morgan fingerprint density at radius 3 is 2.20 bits per heavy atom. The van der Waals surface area contributed by atoms with Crippen LogP contribution in [0.2, 0.25) is 0 Å². The molecule has 0 aromatic heterocycles. The summed E-state index contributed by atoms with van der Waals surface area (Å²) in [4.78, 5) is 2.30. The molecule has 2 heteroatoms. The third kappa shape index (κ3) is 3.61. The quantitative estimate of drug-likeness (QED) is 0.870. The summed E-state index contributed by atoms with van der Waals surface area (Å²) < 4.78 is 0. The van der Waals surface area contributed by atoms with Crippen molar-refractivity contribution in [1.82, 2.24) is 0 Å². The van der Waals surface area contributed by atoms with Crippen LogP contribution in [0.4, 0.5) is 5.69 Å². The largest absolute Gasteiger partial charge is 0.374 e. The summed E-state index contributed by atoms with van der Waals surface area (Å²) in [7, 11) is 2.14. The van der Waals surface area contributed by atoms with E-state index in [0.29, 0.717) is 6.54 Å². The second kappa shape index (κ2) is 7.11. The lowest BCUT2D eigenvalue weighted by molar-refractivity contribution is 0.861. The van der Waals surface area contributed by atoms with E-state index < -0.39 is 0 Å². The molecular weight excluding hydrogens is 244 g/mol. The van der Waals surface area contributed by atoms with Crippen LogP contribution >= 0.6 is 0 Å². The number of benzene rings is 2. The van der Waals surface area contributed by atoms with Crippen LogP contribution in [-0.2, 0) is 19.4 Å². The highest BCUT2D eigenvalue weighted by Gasteiger charge is 2.04. The van der Waals surface area contributed by atoms with Gasteiger partial charge >= 0.3 is 0 Å². The molecule has 0 heterocycles. The first-order chi connectivity index (χ1) is 9.74. The molecule has 2 aromatic rings. The molecule has 0 radical (unpaired) electrons. The highest BCUT2D eigenvalue weighted by Crippen LogP contribution is 2.16. The van der Waals surface area contributed by atoms with E-state index in [2.05, 4.69) is 67.4 Å². The van der Waals surface area contributed by atoms with Gasteiger partial charge in [0.2, 0.25) is 0 Å². The predicted molar refractivity (Wildman–Crippen MR) is 87.1 cm³/mol. The van der Waals surface area contributed by atoms with Crippen molar-refractivity contribution in [1.29, 1.82) is 0 Å². The van der Waals surface area contributed by atoms with Gasteiger partial charge < -0.3 is 10.6 Å². The van der Waals surface area contributed by atoms with Gasteiger partial charge in [0.25, 0.3) is 0 Å². The zero-order chi connectivity index (χ0) is 14.4. The van der Waals surface area contributed by atoms with Crippen LogP contribution in [0.15, 0.2) is 48.5 Å². The van der Waals surface area contributed by atoms with Crippen molar-refractivity contribution in [3.05, 3.63) is 65.2 Å². The lowest BCUT2D eigenvalue weighted by atomic mass is 10.0. The molecule has 0 atom stereocenters. The lowest BCUT2D eigenvalue weighted by Crippen LogP contribution is -2.20. The normalized spacial score (nSPS) is 10.6. The molecule has 0 aliphatic rings. The van der Waals surface area contributed by atoms with Crippen LogP contribution in [0.5, 0.6) is 0 Å². The number of likely N-dealkylation sites (N-methyl/N-ethyl adjacent to an activating group) is 1. The van der Waals surface area contributed by atoms with Crippen molar-refractivity contribution in [3.8, 4) is 0 Å². The summed E-state index contributed by atoms with van der Waals surface area (Å²) in [5, 5.41) is 0. The highest BCUT2D eigenvalue weighted by molar-refractivity contribution is 5.47. The van der Waals surface area contributed by atoms with Crippen molar-refractivity contribution in [2.75, 3.05) is 18.5 Å². The first kappa shape index (κ1) is 14.6. The molecule has 0 spiro atoms. The average molecular weight is 268 g/mol. The summed E-state index contributed by atoms with van der Waals surface area (Å²) in [6, 6.07) is 17.3. The molecule has 0 amide bonds. The molecule has 2 N–H and O–H groups in total. The average Bonchev–Trinajstić information content (AvgIpc) is 2.53. The smallest absolute Gasteiger partial charge is 0.0363 e. The predicted octanol–water partition coefficient (Wildman–Crippen LogP) is 3.39. The van der Waals surface area contributed by atoms with Crippen LogP contribution in [0, 0.1) is 0 Å². The number of aryl methyl sites for hydroxylation is 1. The Bertz CT molecular complexity index is 531. The van der Waals surface area contributed by atoms with Gasteiger partial charge in [0, 0.05) is 25.8 Å². The summed E-state index contributed by atoms with van der Waals surface area (Å²) in [6.45, 7) is 3.80. The Labute approximate surface area is 122 Å². The highest BCUT2D eigenvalue weighted by atomic mass is 15.1. The third-order valence-corrected chi connectivity index (χ3v) is 3.84. The number of nitrogens with two attached hydrogens (primary N) is 1. The van der Waals surface area contributed by atoms with Gasteiger partial charge in [0.1, 0.15) is 0 Å². The number of hydrogen-bond acceptors (Lipinski definition) is 2. The zero-order valence-electron chi connectivity index (χ0n) is 12.5. The van der Waals surface area contributed by atoms with Crippen LogP contribution in [0.25, 0.3) is 0 Å². The fourth-order valence-corrected chi connectivity index (χ4v) is 2.40. The van der Waals surface area contributed by atoms with Crippen molar-refractivity contribution in [3.63, 3.8) is 0 Å². The molecule has 2 rings (SSSR count). The maximum atomic E-state index is 5.79. The van der Waals surface area contributed by atoms with Crippen molar-refractivity contribution < 1.29 is 0 Å². The van der Waals surface area contributed by atoms with E-state index >= 15 is 0 Å². The number of rotatable bonds is 6. The Kier molecular flexibility index (Phi) is 5.19. The van der Waals surface area contributed by atoms with Crippen LogP contribution < -0.4 is 10.6 Å². The minimum absolute atomic E-state index is 0.616. The van der Waals surface area contributed by atoms with Gasteiger partial charge in [0.15, 0.2) is 0 Å². The Balaban J connectivity index is 1.98. The topological polar surface area (TPSA) is 29.3 Å². The molecule has 0 saturated heterocycles. The van der Waals surface area contributed by atoms with E-state index in [1.165, 1.54) is 22.4 Å². The maximum Gasteiger partial charge on any atom is 0.0363 e. The summed E-state index contributed by atoms with van der Waals surface area (Å²) in [6.07, 6.45) is 2.12. The van der Waals surface area contributed by atoms with E-state index in [1.54, 1.807) is 0 Å². The fraction of sp³-hybridized carbons (Fsp3) is 0.333. The zero-order valence-corrected chi connectivity index (χ0v) is 12.5. The molecule has 0 aliphatic carbocycles. The molecule has 2 nitrogen and oxygen atoms in total. The van der Waals surface area contributed by atoms with Crippen LogP contribution in [-0.4, -0.2) is 13.6 Å². The molecule has 0 saturated carbocycles. The molecule has 20 heavy (non-hydrogen) atoms. The fourth-order valence-electron chi connectivity index (χ4n) is 2.40. The maximum absolute atomic E-state index is 5.79. The first-order valence-electron chi connectivity index (χ1n) is 7.31. The molecule has 106 valence electrons. The number of hydrogen-bond donors (Lipinski definition) is 1. The molecule has 0 unspecified atom stereocenters. The molecular formula is C18H24N2. The van der Waals surface area contributed by atoms with Gasteiger partial charge in [-0.2, -0.15) is 0 Å². The second-order valence-corrected chi connectivity index (χ2v) is 5.16. The molecule has 2 aromatic carbocycles. The summed E-state index contributed by atoms with van der Waals surface area (Å²) >= 11 is 0. The Morgan fingerprint density at radius 1 is 0.950 bits per heavy atom. The number of nitrogens with zero attached hydrogens (tertiary/aromatic N) is 1. The first-order valence-corrected chi connectivity index (χ1v) is 7.31. The molecule has 0 fully saturated rings. The molecule has 0 aliphatic heterocycles. The van der Waals surface area contributed by atoms with Gasteiger partial charge in [-0.3, -0.25) is 0 Å². The van der Waals surface area contributed by atoms with Gasteiger partial charge in [-0.05, 0) is 41.7 Å². The third-order valence-electron chi connectivity index (χ3n) is 3.84. The van der Waals surface area contributed by atoms with Crippen molar-refractivity contribution in [2.24, 2.45) is 5.73 Å². The van der Waals surface area contributed by atoms with Crippen LogP contribution in [0.1, 0.15) is 23.6 Å². The standard InChI is InChI=1S/C18H24N2/c1-3-15-8-10-18(11-9-15)20(2)13-12-16-6-4-5-7-17(16)14-19/h4-11H,3,12-14,19H2,1-2H3. The molecule has 0 bridgehead atoms. The van der Waals surface area contributed by atoms with E-state index in [1.807, 2.05) is 0 Å². The second-order valence-electron chi connectivity index (χ2n) is 5.16. The van der Waals surface area contributed by atoms with Crippen LogP contribution in [0.3, 0.4) is 0 Å². The van der Waals surface area contributed by atoms with E-state index in [9.17, 15) is 0 Å². The van der Waals surface area contributed by atoms with Gasteiger partial charge in [-0.1, -0.05) is 43.3 Å². The monoisotopic (exact) mass is 268 g/mol. The Hall–Kier alpha value is -1.80. The van der Waals surface area contributed by atoms with E-state index in [0.717, 1.165) is 19.4 Å².